The van der Waals surface area contributed by atoms with Crippen molar-refractivity contribution in [2.24, 2.45) is 10.2 Å². The minimum absolute atomic E-state index is 0.0599. The zero-order valence-corrected chi connectivity index (χ0v) is 16.5. The minimum Gasteiger partial charge on any atom is -0.324 e. The Balaban J connectivity index is 1.52. The molecule has 0 atom stereocenters. The number of sulfonamides is 1. The molecule has 10 heteroatoms. The molecule has 1 aliphatic heterocycles. The van der Waals surface area contributed by atoms with Crippen molar-refractivity contribution in [3.8, 4) is 0 Å². The maximum absolute atomic E-state index is 11.4. The molecule has 1 fully saturated rings. The number of aromatic nitrogens is 3. The van der Waals surface area contributed by atoms with Crippen LogP contribution in [0.15, 0.2) is 46.5 Å². The average Bonchev–Trinajstić information content (AvgIpc) is 3.08. The molecule has 3 heterocycles. The Morgan fingerprint density at radius 3 is 2.62 bits per heavy atom. The molecule has 0 saturated heterocycles. The molecule has 3 aromatic rings. The lowest BCUT2D eigenvalue weighted by atomic mass is 9.82. The molecule has 1 aliphatic carbocycles. The monoisotopic (exact) mass is 411 g/mol. The topological polar surface area (TPSA) is 127 Å². The number of nitrogens with two attached hydrogens (primary N) is 1. The van der Waals surface area contributed by atoms with Gasteiger partial charge >= 0.3 is 0 Å². The third-order valence-corrected chi connectivity index (χ3v) is 6.56. The van der Waals surface area contributed by atoms with E-state index in [9.17, 15) is 8.42 Å². The highest BCUT2D eigenvalue weighted by Crippen LogP contribution is 2.41. The first-order valence-electron chi connectivity index (χ1n) is 9.54. The second kappa shape index (κ2) is 6.53. The van der Waals surface area contributed by atoms with Gasteiger partial charge in [-0.1, -0.05) is 19.3 Å². The number of nitrogens with one attached hydrogen (secondary N) is 2. The second-order valence-electron chi connectivity index (χ2n) is 7.57. The van der Waals surface area contributed by atoms with Gasteiger partial charge < -0.3 is 5.32 Å². The number of rotatable bonds is 3. The molecular weight excluding hydrogens is 390 g/mol. The molecule has 1 aromatic carbocycles. The molecule has 0 bridgehead atoms. The van der Waals surface area contributed by atoms with Crippen LogP contribution in [0, 0.1) is 0 Å². The predicted molar refractivity (Wildman–Crippen MR) is 112 cm³/mol. The first-order valence-corrected chi connectivity index (χ1v) is 11.1. The van der Waals surface area contributed by atoms with Crippen LogP contribution in [0.2, 0.25) is 0 Å². The van der Waals surface area contributed by atoms with Gasteiger partial charge in [-0.15, -0.1) is 0 Å². The fourth-order valence-electron chi connectivity index (χ4n) is 4.23. The largest absolute Gasteiger partial charge is 0.324 e. The van der Waals surface area contributed by atoms with E-state index in [2.05, 4.69) is 25.4 Å². The minimum atomic E-state index is -3.72. The van der Waals surface area contributed by atoms with Crippen LogP contribution in [0.25, 0.3) is 11.0 Å². The lowest BCUT2D eigenvalue weighted by Gasteiger charge is -2.38. The summed E-state index contributed by atoms with van der Waals surface area (Å²) in [5, 5.41) is 13.6. The Hall–Kier alpha value is -2.98. The number of benzene rings is 1. The fourth-order valence-corrected chi connectivity index (χ4v) is 4.75. The third-order valence-electron chi connectivity index (χ3n) is 5.63. The van der Waals surface area contributed by atoms with Gasteiger partial charge in [0.05, 0.1) is 16.6 Å². The van der Waals surface area contributed by atoms with Crippen LogP contribution in [-0.4, -0.2) is 29.2 Å². The highest BCUT2D eigenvalue weighted by molar-refractivity contribution is 7.89. The van der Waals surface area contributed by atoms with Gasteiger partial charge in [-0.25, -0.2) is 18.5 Å². The summed E-state index contributed by atoms with van der Waals surface area (Å²) in [6.45, 7) is 0. The summed E-state index contributed by atoms with van der Waals surface area (Å²) >= 11 is 0. The van der Waals surface area contributed by atoms with Gasteiger partial charge in [-0.05, 0) is 43.2 Å². The zero-order chi connectivity index (χ0) is 20.1. The number of fused-ring (bicyclic) bond motifs is 4. The van der Waals surface area contributed by atoms with Crippen LogP contribution in [-0.2, 0) is 15.6 Å². The molecule has 4 N–H and O–H groups in total. The molecule has 0 unspecified atom stereocenters. The van der Waals surface area contributed by atoms with Gasteiger partial charge in [0, 0.05) is 17.3 Å². The van der Waals surface area contributed by atoms with Gasteiger partial charge in [0.2, 0.25) is 16.0 Å². The van der Waals surface area contributed by atoms with Crippen molar-refractivity contribution in [2.45, 2.75) is 42.5 Å². The van der Waals surface area contributed by atoms with E-state index in [0.29, 0.717) is 11.6 Å². The number of hydrogen-bond acceptors (Lipinski definition) is 7. The van der Waals surface area contributed by atoms with E-state index in [1.165, 1.54) is 18.6 Å². The lowest BCUT2D eigenvalue weighted by Crippen LogP contribution is -2.40. The molecule has 5 rings (SSSR count). The van der Waals surface area contributed by atoms with E-state index in [1.807, 2.05) is 12.3 Å². The second-order valence-corrected chi connectivity index (χ2v) is 9.13. The molecular formula is C19H21N7O2S. The van der Waals surface area contributed by atoms with E-state index < -0.39 is 10.0 Å². The standard InChI is InChI=1S/C19H21N7O2S/c20-29(27,28)15-6-4-14(5-7-15)23-18-21-11-13-10-16-25-22-12-19(8-2-1-3-9-19)26(16)17(13)24-18/h4-7,10-12,25H,1-3,8-9H2,(H2,20,27,28)(H,21,23,24). The lowest BCUT2D eigenvalue weighted by molar-refractivity contribution is 0.293. The quantitative estimate of drug-likeness (QED) is 0.608. The molecule has 1 saturated carbocycles. The van der Waals surface area contributed by atoms with Crippen molar-refractivity contribution in [1.82, 2.24) is 14.5 Å². The van der Waals surface area contributed by atoms with Gasteiger partial charge in [0.1, 0.15) is 11.5 Å². The third kappa shape index (κ3) is 3.14. The summed E-state index contributed by atoms with van der Waals surface area (Å²) in [6.07, 6.45) is 9.45. The number of hydrazone groups is 1. The van der Waals surface area contributed by atoms with Crippen molar-refractivity contribution < 1.29 is 8.42 Å². The summed E-state index contributed by atoms with van der Waals surface area (Å²) < 4.78 is 25.1. The van der Waals surface area contributed by atoms with E-state index >= 15 is 0 Å². The van der Waals surface area contributed by atoms with Crippen molar-refractivity contribution in [3.05, 3.63) is 36.5 Å². The highest BCUT2D eigenvalue weighted by Gasteiger charge is 2.37. The SMILES string of the molecule is NS(=O)(=O)c1ccc(Nc2ncc3cc4n(c3n2)C2(C=NN4)CCCCC2)cc1. The molecule has 29 heavy (non-hydrogen) atoms. The molecule has 1 spiro atoms. The number of primary sulfonamides is 1. The van der Waals surface area contributed by atoms with Gasteiger partial charge in [0.15, 0.2) is 0 Å². The fraction of sp³-hybridized carbons (Fsp3) is 0.316. The van der Waals surface area contributed by atoms with E-state index in [4.69, 9.17) is 10.1 Å². The number of hydrogen-bond donors (Lipinski definition) is 3. The maximum atomic E-state index is 11.4. The predicted octanol–water partition coefficient (Wildman–Crippen LogP) is 2.89. The van der Waals surface area contributed by atoms with Gasteiger partial charge in [-0.3, -0.25) is 9.99 Å². The summed E-state index contributed by atoms with van der Waals surface area (Å²) in [6, 6.07) is 8.20. The van der Waals surface area contributed by atoms with Crippen LogP contribution in [0.3, 0.4) is 0 Å². The smallest absolute Gasteiger partial charge is 0.238 e. The van der Waals surface area contributed by atoms with E-state index in [1.54, 1.807) is 18.3 Å². The number of nitrogens with zero attached hydrogens (tertiary/aromatic N) is 4. The molecule has 2 aliphatic rings. The normalized spacial score (nSPS) is 17.8. The molecule has 0 amide bonds. The van der Waals surface area contributed by atoms with Gasteiger partial charge in [0.25, 0.3) is 0 Å². The Labute approximate surface area is 168 Å². The Morgan fingerprint density at radius 1 is 1.14 bits per heavy atom. The van der Waals surface area contributed by atoms with Crippen molar-refractivity contribution in [3.63, 3.8) is 0 Å². The maximum Gasteiger partial charge on any atom is 0.238 e. The van der Waals surface area contributed by atoms with Crippen molar-refractivity contribution in [1.29, 1.82) is 0 Å². The van der Waals surface area contributed by atoms with Crippen molar-refractivity contribution in [2.75, 3.05) is 10.7 Å². The average molecular weight is 411 g/mol. The van der Waals surface area contributed by atoms with Crippen LogP contribution in [0.4, 0.5) is 17.5 Å². The Kier molecular flexibility index (Phi) is 4.07. The number of anilines is 3. The molecule has 2 aromatic heterocycles. The van der Waals surface area contributed by atoms with Crippen LogP contribution < -0.4 is 15.9 Å². The highest BCUT2D eigenvalue weighted by atomic mass is 32.2. The van der Waals surface area contributed by atoms with Crippen molar-refractivity contribution >= 4 is 44.7 Å². The van der Waals surface area contributed by atoms with Crippen LogP contribution >= 0.6 is 0 Å². The first kappa shape index (κ1) is 18.1. The summed E-state index contributed by atoms with van der Waals surface area (Å²) in [5.74, 6) is 1.36. The van der Waals surface area contributed by atoms with E-state index in [-0.39, 0.29) is 10.4 Å². The summed E-state index contributed by atoms with van der Waals surface area (Å²) in [7, 11) is -3.72. The first-order chi connectivity index (χ1) is 13.9. The zero-order valence-electron chi connectivity index (χ0n) is 15.7. The van der Waals surface area contributed by atoms with E-state index in [0.717, 1.165) is 42.5 Å². The molecule has 0 radical (unpaired) electrons. The van der Waals surface area contributed by atoms with Gasteiger partial charge in [-0.2, -0.15) is 10.1 Å². The molecule has 9 nitrogen and oxygen atoms in total. The Morgan fingerprint density at radius 2 is 1.90 bits per heavy atom. The summed E-state index contributed by atoms with van der Waals surface area (Å²) in [4.78, 5) is 9.22. The van der Waals surface area contributed by atoms with Crippen LogP contribution in [0.5, 0.6) is 0 Å². The Bertz CT molecular complexity index is 1210. The van der Waals surface area contributed by atoms with Crippen LogP contribution in [0.1, 0.15) is 32.1 Å². The molecule has 150 valence electrons. The summed E-state index contributed by atoms with van der Waals surface area (Å²) in [5.41, 5.74) is 4.46.